The molecule has 2 fully saturated rings. The maximum atomic E-state index is 12.2. The van der Waals surface area contributed by atoms with Crippen LogP contribution >= 0.6 is 11.3 Å². The molecule has 0 aromatic carbocycles. The average Bonchev–Trinajstić information content (AvgIpc) is 3.01. The van der Waals surface area contributed by atoms with Gasteiger partial charge < -0.3 is 10.0 Å². The molecule has 20 heavy (non-hydrogen) atoms. The molecule has 6 nitrogen and oxygen atoms in total. The van der Waals surface area contributed by atoms with Crippen LogP contribution in [0, 0.1) is 0 Å². The second-order valence-corrected chi connectivity index (χ2v) is 6.47. The van der Waals surface area contributed by atoms with E-state index in [1.165, 1.54) is 29.1 Å². The lowest BCUT2D eigenvalue weighted by molar-refractivity contribution is -0.146. The predicted octanol–water partition coefficient (Wildman–Crippen LogP) is 2.49. The molecular weight excluding hydrogens is 278 g/mol. The molecule has 0 spiro atoms. The zero-order chi connectivity index (χ0) is 14.3. The first-order valence-corrected chi connectivity index (χ1v) is 7.66. The van der Waals surface area contributed by atoms with Crippen molar-refractivity contribution in [3.63, 3.8) is 0 Å². The molecule has 1 aromatic rings. The van der Waals surface area contributed by atoms with E-state index in [4.69, 9.17) is 0 Å². The van der Waals surface area contributed by atoms with Gasteiger partial charge >= 0.3 is 12.0 Å². The summed E-state index contributed by atoms with van der Waals surface area (Å²) in [6, 6.07) is -0.371. The highest BCUT2D eigenvalue weighted by molar-refractivity contribution is 7.13. The molecule has 2 amide bonds. The predicted molar refractivity (Wildman–Crippen MR) is 75.1 cm³/mol. The summed E-state index contributed by atoms with van der Waals surface area (Å²) in [6.07, 6.45) is 3.53. The van der Waals surface area contributed by atoms with Gasteiger partial charge in [0, 0.05) is 17.8 Å². The van der Waals surface area contributed by atoms with Crippen LogP contribution in [0.15, 0.2) is 5.38 Å². The van der Waals surface area contributed by atoms with E-state index in [2.05, 4.69) is 10.3 Å². The van der Waals surface area contributed by atoms with Crippen molar-refractivity contribution in [1.82, 2.24) is 9.88 Å². The molecule has 1 saturated carbocycles. The van der Waals surface area contributed by atoms with Crippen LogP contribution in [0.2, 0.25) is 0 Å². The third kappa shape index (κ3) is 2.26. The Hall–Kier alpha value is -1.63. The standard InChI is InChI=1S/C13H17N3O3S/c1-13(10(17)18)5-2-6-16(13)12(19)15-11-14-9(7-20-11)8-3-4-8/h7-8H,2-6H2,1H3,(H,17,18)(H,14,15,19). The quantitative estimate of drug-likeness (QED) is 0.897. The van der Waals surface area contributed by atoms with Crippen LogP contribution in [-0.2, 0) is 4.79 Å². The zero-order valence-corrected chi connectivity index (χ0v) is 12.1. The van der Waals surface area contributed by atoms with Crippen molar-refractivity contribution in [3.05, 3.63) is 11.1 Å². The lowest BCUT2D eigenvalue weighted by atomic mass is 10.00. The number of aromatic nitrogens is 1. The monoisotopic (exact) mass is 295 g/mol. The molecule has 7 heteroatoms. The second-order valence-electron chi connectivity index (χ2n) is 5.62. The van der Waals surface area contributed by atoms with Crippen molar-refractivity contribution in [2.24, 2.45) is 0 Å². The van der Waals surface area contributed by atoms with Gasteiger partial charge in [-0.05, 0) is 32.6 Å². The zero-order valence-electron chi connectivity index (χ0n) is 11.3. The minimum atomic E-state index is -1.11. The number of carboxylic acid groups (broad SMARTS) is 1. The van der Waals surface area contributed by atoms with E-state index in [1.807, 2.05) is 5.38 Å². The number of carboxylic acids is 1. The number of amides is 2. The Balaban J connectivity index is 1.70. The van der Waals surface area contributed by atoms with Gasteiger partial charge in [0.1, 0.15) is 5.54 Å². The first-order valence-electron chi connectivity index (χ1n) is 6.78. The van der Waals surface area contributed by atoms with Gasteiger partial charge in [0.15, 0.2) is 5.13 Å². The Morgan fingerprint density at radius 2 is 2.30 bits per heavy atom. The normalized spacial score (nSPS) is 25.8. The molecule has 1 atom stereocenters. The summed E-state index contributed by atoms with van der Waals surface area (Å²) < 4.78 is 0. The SMILES string of the molecule is CC1(C(=O)O)CCCN1C(=O)Nc1nc(C2CC2)cs1. The molecule has 2 N–H and O–H groups in total. The fourth-order valence-electron chi connectivity index (χ4n) is 2.58. The number of urea groups is 1. The lowest BCUT2D eigenvalue weighted by Crippen LogP contribution is -2.52. The molecule has 1 unspecified atom stereocenters. The summed E-state index contributed by atoms with van der Waals surface area (Å²) in [5.41, 5.74) is -0.0755. The van der Waals surface area contributed by atoms with Crippen LogP contribution in [-0.4, -0.2) is 39.1 Å². The van der Waals surface area contributed by atoms with Crippen LogP contribution in [0.5, 0.6) is 0 Å². The summed E-state index contributed by atoms with van der Waals surface area (Å²) in [7, 11) is 0. The number of nitrogens with zero attached hydrogens (tertiary/aromatic N) is 2. The molecule has 2 heterocycles. The minimum Gasteiger partial charge on any atom is -0.480 e. The Bertz CT molecular complexity index is 555. The number of anilines is 1. The van der Waals surface area contributed by atoms with Gasteiger partial charge in [-0.2, -0.15) is 0 Å². The van der Waals surface area contributed by atoms with Crippen molar-refractivity contribution in [2.75, 3.05) is 11.9 Å². The van der Waals surface area contributed by atoms with Gasteiger partial charge in [-0.1, -0.05) is 0 Å². The number of rotatable bonds is 3. The topological polar surface area (TPSA) is 82.5 Å². The lowest BCUT2D eigenvalue weighted by Gasteiger charge is -2.30. The minimum absolute atomic E-state index is 0.371. The highest BCUT2D eigenvalue weighted by Gasteiger charge is 2.46. The Labute approximate surface area is 120 Å². The van der Waals surface area contributed by atoms with Gasteiger partial charge in [-0.15, -0.1) is 11.3 Å². The first-order chi connectivity index (χ1) is 9.50. The van der Waals surface area contributed by atoms with Gasteiger partial charge in [-0.3, -0.25) is 5.32 Å². The summed E-state index contributed by atoms with van der Waals surface area (Å²) in [4.78, 5) is 29.4. The molecule has 108 valence electrons. The molecular formula is C13H17N3O3S. The van der Waals surface area contributed by atoms with E-state index >= 15 is 0 Å². The number of thiazole rings is 1. The van der Waals surface area contributed by atoms with Crippen molar-refractivity contribution in [2.45, 2.75) is 44.1 Å². The summed E-state index contributed by atoms with van der Waals surface area (Å²) in [5.74, 6) is -0.407. The number of carbonyl (C=O) groups excluding carboxylic acids is 1. The summed E-state index contributed by atoms with van der Waals surface area (Å²) >= 11 is 1.40. The van der Waals surface area contributed by atoms with Crippen LogP contribution in [0.1, 0.15) is 44.2 Å². The van der Waals surface area contributed by atoms with Crippen LogP contribution in [0.25, 0.3) is 0 Å². The van der Waals surface area contributed by atoms with E-state index in [0.29, 0.717) is 30.4 Å². The Morgan fingerprint density at radius 1 is 1.55 bits per heavy atom. The van der Waals surface area contributed by atoms with E-state index in [1.54, 1.807) is 6.92 Å². The smallest absolute Gasteiger partial charge is 0.329 e. The Morgan fingerprint density at radius 3 is 2.95 bits per heavy atom. The number of likely N-dealkylation sites (tertiary alicyclic amines) is 1. The van der Waals surface area contributed by atoms with Crippen molar-refractivity contribution >= 4 is 28.5 Å². The molecule has 2 aliphatic rings. The molecule has 1 saturated heterocycles. The van der Waals surface area contributed by atoms with Crippen molar-refractivity contribution in [1.29, 1.82) is 0 Å². The highest BCUT2D eigenvalue weighted by Crippen LogP contribution is 2.41. The molecule has 0 radical (unpaired) electrons. The van der Waals surface area contributed by atoms with Gasteiger partial charge in [0.05, 0.1) is 5.69 Å². The van der Waals surface area contributed by atoms with Crippen molar-refractivity contribution < 1.29 is 14.7 Å². The van der Waals surface area contributed by atoms with Crippen molar-refractivity contribution in [3.8, 4) is 0 Å². The largest absolute Gasteiger partial charge is 0.480 e. The fourth-order valence-corrected chi connectivity index (χ4v) is 3.36. The highest BCUT2D eigenvalue weighted by atomic mass is 32.1. The van der Waals surface area contributed by atoms with Crippen LogP contribution in [0.3, 0.4) is 0 Å². The molecule has 1 aliphatic heterocycles. The van der Waals surface area contributed by atoms with Gasteiger partial charge in [0.2, 0.25) is 0 Å². The molecule has 1 aliphatic carbocycles. The number of hydrogen-bond donors (Lipinski definition) is 2. The summed E-state index contributed by atoms with van der Waals surface area (Å²) in [5, 5.41) is 14.6. The average molecular weight is 295 g/mol. The fraction of sp³-hybridized carbons (Fsp3) is 0.615. The molecule has 1 aromatic heterocycles. The molecule has 3 rings (SSSR count). The van der Waals surface area contributed by atoms with Gasteiger partial charge in [0.25, 0.3) is 0 Å². The number of carbonyl (C=O) groups is 2. The van der Waals surface area contributed by atoms with E-state index in [0.717, 1.165) is 5.69 Å². The van der Waals surface area contributed by atoms with Gasteiger partial charge in [-0.25, -0.2) is 14.6 Å². The van der Waals surface area contributed by atoms with Crippen LogP contribution < -0.4 is 5.32 Å². The number of hydrogen-bond acceptors (Lipinski definition) is 4. The Kier molecular flexibility index (Phi) is 3.16. The molecule has 0 bridgehead atoms. The van der Waals surface area contributed by atoms with E-state index in [9.17, 15) is 14.7 Å². The third-order valence-corrected chi connectivity index (χ3v) is 4.85. The summed E-state index contributed by atoms with van der Waals surface area (Å²) in [6.45, 7) is 2.06. The van der Waals surface area contributed by atoms with Crippen LogP contribution in [0.4, 0.5) is 9.93 Å². The number of aliphatic carboxylic acids is 1. The first kappa shape index (κ1) is 13.4. The number of nitrogens with one attached hydrogen (secondary N) is 1. The third-order valence-electron chi connectivity index (χ3n) is 4.08. The second kappa shape index (κ2) is 4.73. The maximum absolute atomic E-state index is 12.2. The van der Waals surface area contributed by atoms with E-state index < -0.39 is 11.5 Å². The van der Waals surface area contributed by atoms with E-state index in [-0.39, 0.29) is 6.03 Å². The maximum Gasteiger partial charge on any atom is 0.329 e.